The molecule has 0 unspecified atom stereocenters. The van der Waals surface area contributed by atoms with E-state index in [1.165, 1.54) is 6.92 Å². The molecular formula is C16H13N3O4. The number of nitrogens with zero attached hydrogens (tertiary/aromatic N) is 1. The number of aromatic nitrogens is 1. The molecule has 2 rings (SSSR count). The fraction of sp³-hybridized carbons (Fsp3) is 0.125. The van der Waals surface area contributed by atoms with E-state index in [2.05, 4.69) is 4.98 Å². The molecule has 0 fully saturated rings. The van der Waals surface area contributed by atoms with Gasteiger partial charge in [0.05, 0.1) is 5.56 Å². The second-order valence-electron chi connectivity index (χ2n) is 4.76. The van der Waals surface area contributed by atoms with Gasteiger partial charge >= 0.3 is 5.97 Å². The zero-order valence-electron chi connectivity index (χ0n) is 12.3. The molecule has 0 saturated carbocycles. The van der Waals surface area contributed by atoms with E-state index in [0.29, 0.717) is 10.9 Å². The van der Waals surface area contributed by atoms with Crippen molar-refractivity contribution in [3.63, 3.8) is 0 Å². The minimum absolute atomic E-state index is 0.0455. The molecule has 3 N–H and O–H groups in total. The Morgan fingerprint density at radius 1 is 1.35 bits per heavy atom. The van der Waals surface area contributed by atoms with E-state index in [0.717, 1.165) is 6.07 Å². The fourth-order valence-electron chi connectivity index (χ4n) is 2.02. The van der Waals surface area contributed by atoms with Gasteiger partial charge in [0.1, 0.15) is 11.6 Å². The number of para-hydroxylation sites is 1. The Hall–Kier alpha value is -3.40. The Labute approximate surface area is 131 Å². The average Bonchev–Trinajstić information content (AvgIpc) is 2.52. The summed E-state index contributed by atoms with van der Waals surface area (Å²) < 4.78 is 4.90. The lowest BCUT2D eigenvalue weighted by atomic mass is 10.1. The summed E-state index contributed by atoms with van der Waals surface area (Å²) in [5.41, 5.74) is 5.27. The highest BCUT2D eigenvalue weighted by Crippen LogP contribution is 2.15. The molecular weight excluding hydrogens is 298 g/mol. The van der Waals surface area contributed by atoms with Crippen molar-refractivity contribution < 1.29 is 14.3 Å². The van der Waals surface area contributed by atoms with Gasteiger partial charge in [0.15, 0.2) is 6.61 Å². The van der Waals surface area contributed by atoms with Gasteiger partial charge in [0.25, 0.3) is 0 Å². The molecule has 0 atom stereocenters. The number of rotatable bonds is 4. The number of esters is 1. The van der Waals surface area contributed by atoms with Crippen LogP contribution < -0.4 is 11.3 Å². The summed E-state index contributed by atoms with van der Waals surface area (Å²) >= 11 is 0. The molecule has 0 aliphatic carbocycles. The molecule has 7 heteroatoms. The Morgan fingerprint density at radius 2 is 2.04 bits per heavy atom. The highest BCUT2D eigenvalue weighted by molar-refractivity contribution is 6.05. The molecule has 1 heterocycles. The van der Waals surface area contributed by atoms with E-state index < -0.39 is 23.9 Å². The van der Waals surface area contributed by atoms with Crippen molar-refractivity contribution in [1.29, 1.82) is 5.26 Å². The van der Waals surface area contributed by atoms with Crippen LogP contribution in [-0.2, 0) is 9.53 Å². The smallest absolute Gasteiger partial charge is 0.339 e. The zero-order chi connectivity index (χ0) is 17.0. The van der Waals surface area contributed by atoms with Crippen molar-refractivity contribution in [3.8, 4) is 6.07 Å². The molecule has 2 aromatic rings. The predicted octanol–water partition coefficient (Wildman–Crippen LogP) is 1.01. The van der Waals surface area contributed by atoms with Crippen molar-refractivity contribution in [1.82, 2.24) is 4.98 Å². The van der Waals surface area contributed by atoms with E-state index in [-0.39, 0.29) is 16.8 Å². The number of allylic oxidation sites excluding steroid dienone is 1. The van der Waals surface area contributed by atoms with Gasteiger partial charge in [-0.3, -0.25) is 9.59 Å². The van der Waals surface area contributed by atoms with Crippen molar-refractivity contribution in [2.24, 2.45) is 5.73 Å². The van der Waals surface area contributed by atoms with Gasteiger partial charge in [-0.15, -0.1) is 0 Å². The van der Waals surface area contributed by atoms with Crippen LogP contribution in [0.4, 0.5) is 0 Å². The average molecular weight is 311 g/mol. The summed E-state index contributed by atoms with van der Waals surface area (Å²) in [6, 6.07) is 9.48. The molecule has 1 aromatic carbocycles. The number of nitrogens with two attached hydrogens (primary N) is 1. The maximum atomic E-state index is 12.1. The van der Waals surface area contributed by atoms with E-state index in [9.17, 15) is 14.4 Å². The third-order valence-electron chi connectivity index (χ3n) is 3.09. The van der Waals surface area contributed by atoms with E-state index >= 15 is 0 Å². The standard InChI is InChI=1S/C16H13N3O4/c1-9(18)12(7-17)14(20)8-23-16(22)11-6-15(21)19-13-5-3-2-4-10(11)13/h2-6H,8,18H2,1H3,(H,19,21). The third kappa shape index (κ3) is 3.44. The topological polar surface area (TPSA) is 126 Å². The lowest BCUT2D eigenvalue weighted by Crippen LogP contribution is -2.19. The first-order valence-corrected chi connectivity index (χ1v) is 6.63. The van der Waals surface area contributed by atoms with E-state index in [4.69, 9.17) is 15.7 Å². The lowest BCUT2D eigenvalue weighted by molar-refractivity contribution is -0.118. The SMILES string of the molecule is CC(N)=C(C#N)C(=O)COC(=O)c1cc(=O)[nH]c2ccccc12. The van der Waals surface area contributed by atoms with Gasteiger partial charge in [-0.1, -0.05) is 18.2 Å². The first-order chi connectivity index (χ1) is 10.9. The molecule has 7 nitrogen and oxygen atoms in total. The second kappa shape index (κ2) is 6.58. The van der Waals surface area contributed by atoms with Gasteiger partial charge < -0.3 is 15.5 Å². The molecule has 0 amide bonds. The highest BCUT2D eigenvalue weighted by Gasteiger charge is 2.17. The summed E-state index contributed by atoms with van der Waals surface area (Å²) in [4.78, 5) is 38.1. The number of carbonyl (C=O) groups is 2. The Morgan fingerprint density at radius 3 is 2.70 bits per heavy atom. The summed E-state index contributed by atoms with van der Waals surface area (Å²) in [5.74, 6) is -1.53. The molecule has 23 heavy (non-hydrogen) atoms. The minimum atomic E-state index is -0.826. The number of fused-ring (bicyclic) bond motifs is 1. The molecule has 116 valence electrons. The number of hydrogen-bond acceptors (Lipinski definition) is 6. The zero-order valence-corrected chi connectivity index (χ0v) is 12.3. The van der Waals surface area contributed by atoms with Crippen LogP contribution in [0.25, 0.3) is 10.9 Å². The van der Waals surface area contributed by atoms with Crippen LogP contribution in [0, 0.1) is 11.3 Å². The summed E-state index contributed by atoms with van der Waals surface area (Å²) in [7, 11) is 0. The fourth-order valence-corrected chi connectivity index (χ4v) is 2.02. The molecule has 1 aromatic heterocycles. The van der Waals surface area contributed by atoms with Crippen molar-refractivity contribution in [2.45, 2.75) is 6.92 Å². The van der Waals surface area contributed by atoms with Gasteiger partial charge in [-0.2, -0.15) is 5.26 Å². The molecule has 0 bridgehead atoms. The first kappa shape index (κ1) is 16.0. The van der Waals surface area contributed by atoms with E-state index in [1.807, 2.05) is 0 Å². The predicted molar refractivity (Wildman–Crippen MR) is 82.4 cm³/mol. The number of nitrogens with one attached hydrogen (secondary N) is 1. The van der Waals surface area contributed by atoms with Crippen LogP contribution in [0.2, 0.25) is 0 Å². The number of aromatic amines is 1. The summed E-state index contributed by atoms with van der Waals surface area (Å²) in [5, 5.41) is 9.33. The largest absolute Gasteiger partial charge is 0.454 e. The summed E-state index contributed by atoms with van der Waals surface area (Å²) in [6.07, 6.45) is 0. The number of hydrogen-bond donors (Lipinski definition) is 2. The molecule has 0 radical (unpaired) electrons. The normalized spacial score (nSPS) is 11.5. The maximum absolute atomic E-state index is 12.1. The maximum Gasteiger partial charge on any atom is 0.339 e. The van der Waals surface area contributed by atoms with E-state index in [1.54, 1.807) is 30.3 Å². The van der Waals surface area contributed by atoms with Crippen LogP contribution in [0.5, 0.6) is 0 Å². The van der Waals surface area contributed by atoms with Crippen LogP contribution >= 0.6 is 0 Å². The van der Waals surface area contributed by atoms with Crippen LogP contribution in [0.3, 0.4) is 0 Å². The summed E-state index contributed by atoms with van der Waals surface area (Å²) in [6.45, 7) is 0.778. The Kier molecular flexibility index (Phi) is 4.57. The Bertz CT molecular complexity index is 915. The number of H-pyrrole nitrogens is 1. The van der Waals surface area contributed by atoms with Gasteiger partial charge in [0, 0.05) is 22.7 Å². The van der Waals surface area contributed by atoms with Crippen molar-refractivity contribution in [3.05, 3.63) is 57.5 Å². The number of ketones is 1. The third-order valence-corrected chi connectivity index (χ3v) is 3.09. The molecule has 0 aliphatic heterocycles. The second-order valence-corrected chi connectivity index (χ2v) is 4.76. The number of Topliss-reactive ketones (excluding diaryl/α,β-unsaturated/α-hetero) is 1. The number of ether oxygens (including phenoxy) is 1. The van der Waals surface area contributed by atoms with Gasteiger partial charge in [0.2, 0.25) is 11.3 Å². The van der Waals surface area contributed by atoms with Gasteiger partial charge in [-0.25, -0.2) is 4.79 Å². The monoisotopic (exact) mass is 311 g/mol. The first-order valence-electron chi connectivity index (χ1n) is 6.63. The Balaban J connectivity index is 2.26. The van der Waals surface area contributed by atoms with Crippen LogP contribution in [-0.4, -0.2) is 23.3 Å². The molecule has 0 spiro atoms. The quantitative estimate of drug-likeness (QED) is 0.493. The molecule has 0 aliphatic rings. The highest BCUT2D eigenvalue weighted by atomic mass is 16.5. The van der Waals surface area contributed by atoms with Crippen molar-refractivity contribution >= 4 is 22.7 Å². The van der Waals surface area contributed by atoms with Crippen LogP contribution in [0.15, 0.2) is 46.4 Å². The minimum Gasteiger partial charge on any atom is -0.454 e. The number of pyridine rings is 1. The molecule has 0 saturated heterocycles. The number of carbonyl (C=O) groups excluding carboxylic acids is 2. The van der Waals surface area contributed by atoms with Crippen molar-refractivity contribution in [2.75, 3.05) is 6.61 Å². The van der Waals surface area contributed by atoms with Crippen LogP contribution in [0.1, 0.15) is 17.3 Å². The number of nitriles is 1. The number of benzene rings is 1. The van der Waals surface area contributed by atoms with Gasteiger partial charge in [-0.05, 0) is 13.0 Å². The lowest BCUT2D eigenvalue weighted by Gasteiger charge is -2.07.